The van der Waals surface area contributed by atoms with Crippen LogP contribution in [0, 0.1) is 20.8 Å². The number of thiazole rings is 1. The van der Waals surface area contributed by atoms with E-state index in [0.29, 0.717) is 18.0 Å². The molecule has 0 aliphatic carbocycles. The number of ether oxygens (including phenoxy) is 1. The Morgan fingerprint density at radius 1 is 1.19 bits per heavy atom. The Morgan fingerprint density at radius 3 is 2.62 bits per heavy atom. The molecule has 0 fully saturated rings. The number of aromatic nitrogens is 1. The first-order valence-corrected chi connectivity index (χ1v) is 11.5. The number of rotatable bonds is 5. The Morgan fingerprint density at radius 2 is 1.97 bits per heavy atom. The van der Waals surface area contributed by atoms with Crippen molar-refractivity contribution in [1.82, 2.24) is 4.98 Å². The summed E-state index contributed by atoms with van der Waals surface area (Å²) >= 11 is 1.64. The highest BCUT2D eigenvalue weighted by Crippen LogP contribution is 2.39. The average Bonchev–Trinajstić information content (AvgIpc) is 3.09. The Labute approximate surface area is 192 Å². The Balaban J connectivity index is 1.69. The molecule has 0 saturated heterocycles. The summed E-state index contributed by atoms with van der Waals surface area (Å²) in [5.41, 5.74) is 4.30. The van der Waals surface area contributed by atoms with Crippen molar-refractivity contribution in [3.05, 3.63) is 57.9 Å². The van der Waals surface area contributed by atoms with Gasteiger partial charge in [0.2, 0.25) is 5.91 Å². The van der Waals surface area contributed by atoms with Gasteiger partial charge in [0, 0.05) is 22.7 Å². The molecule has 0 bridgehead atoms. The third-order valence-corrected chi connectivity index (χ3v) is 6.45. The molecule has 4 rings (SSSR count). The summed E-state index contributed by atoms with van der Waals surface area (Å²) in [7, 11) is 0. The van der Waals surface area contributed by atoms with E-state index in [4.69, 9.17) is 4.74 Å². The molecule has 1 aliphatic rings. The van der Waals surface area contributed by atoms with Crippen molar-refractivity contribution in [3.8, 4) is 17.0 Å². The van der Waals surface area contributed by atoms with Gasteiger partial charge in [0.15, 0.2) is 6.10 Å². The molecule has 2 amide bonds. The zero-order valence-corrected chi connectivity index (χ0v) is 19.8. The highest BCUT2D eigenvalue weighted by Gasteiger charge is 2.34. The van der Waals surface area contributed by atoms with Crippen LogP contribution < -0.4 is 14.5 Å². The molecular weight excluding hydrogens is 422 g/mol. The van der Waals surface area contributed by atoms with Crippen molar-refractivity contribution in [2.75, 3.05) is 22.9 Å². The molecule has 6 nitrogen and oxygen atoms in total. The quantitative estimate of drug-likeness (QED) is 0.556. The molecule has 1 atom stereocenters. The monoisotopic (exact) mass is 449 g/mol. The maximum atomic E-state index is 13.3. The molecule has 32 heavy (non-hydrogen) atoms. The number of hydrogen-bond donors (Lipinski definition) is 0. The maximum absolute atomic E-state index is 13.3. The fourth-order valence-electron chi connectivity index (χ4n) is 4.03. The predicted octanol–water partition coefficient (Wildman–Crippen LogP) is 4.90. The number of hydrogen-bond acceptors (Lipinski definition) is 5. The molecule has 7 heteroatoms. The van der Waals surface area contributed by atoms with Gasteiger partial charge in [0.25, 0.3) is 5.91 Å². The lowest BCUT2D eigenvalue weighted by Crippen LogP contribution is -2.49. The normalized spacial score (nSPS) is 15.3. The van der Waals surface area contributed by atoms with E-state index in [1.807, 2.05) is 70.2 Å². The second-order valence-corrected chi connectivity index (χ2v) is 9.39. The largest absolute Gasteiger partial charge is 0.479 e. The van der Waals surface area contributed by atoms with Crippen LogP contribution >= 0.6 is 11.3 Å². The van der Waals surface area contributed by atoms with Crippen LogP contribution in [0.4, 0.5) is 11.4 Å². The molecule has 2 aromatic carbocycles. The molecule has 0 radical (unpaired) electrons. The summed E-state index contributed by atoms with van der Waals surface area (Å²) in [5, 5.41) is 0.986. The van der Waals surface area contributed by atoms with E-state index < -0.39 is 6.10 Å². The summed E-state index contributed by atoms with van der Waals surface area (Å²) in [6, 6.07) is 13.5. The van der Waals surface area contributed by atoms with Crippen LogP contribution in [0.25, 0.3) is 11.3 Å². The Bertz CT molecular complexity index is 1190. The summed E-state index contributed by atoms with van der Waals surface area (Å²) < 4.78 is 5.84. The van der Waals surface area contributed by atoms with Crippen LogP contribution in [0.5, 0.6) is 5.75 Å². The van der Waals surface area contributed by atoms with Gasteiger partial charge in [0.1, 0.15) is 12.3 Å². The zero-order valence-electron chi connectivity index (χ0n) is 19.0. The molecule has 0 spiro atoms. The number of anilines is 2. The topological polar surface area (TPSA) is 62.7 Å². The Hall–Kier alpha value is -3.19. The van der Waals surface area contributed by atoms with E-state index in [1.165, 1.54) is 0 Å². The molecule has 0 N–H and O–H groups in total. The minimum absolute atomic E-state index is 0.0557. The van der Waals surface area contributed by atoms with Gasteiger partial charge in [-0.1, -0.05) is 12.1 Å². The Kier molecular flexibility index (Phi) is 6.02. The van der Waals surface area contributed by atoms with E-state index in [2.05, 4.69) is 4.98 Å². The van der Waals surface area contributed by atoms with Gasteiger partial charge < -0.3 is 9.64 Å². The minimum atomic E-state index is -0.654. The first kappa shape index (κ1) is 22.0. The molecule has 1 unspecified atom stereocenters. The lowest BCUT2D eigenvalue weighted by atomic mass is 10.1. The first-order valence-electron chi connectivity index (χ1n) is 10.7. The van der Waals surface area contributed by atoms with Crippen molar-refractivity contribution < 1.29 is 14.3 Å². The third kappa shape index (κ3) is 4.12. The average molecular weight is 450 g/mol. The number of likely N-dealkylation sites (N-methyl/N-ethyl adjacent to an activating group) is 1. The van der Waals surface area contributed by atoms with Gasteiger partial charge in [-0.2, -0.15) is 0 Å². The zero-order chi connectivity index (χ0) is 23.0. The van der Waals surface area contributed by atoms with E-state index >= 15 is 0 Å². The van der Waals surface area contributed by atoms with Crippen LogP contribution in [0.2, 0.25) is 0 Å². The second-order valence-electron chi connectivity index (χ2n) is 7.98. The fourth-order valence-corrected chi connectivity index (χ4v) is 4.87. The van der Waals surface area contributed by atoms with Crippen molar-refractivity contribution in [2.24, 2.45) is 0 Å². The van der Waals surface area contributed by atoms with Gasteiger partial charge >= 0.3 is 0 Å². The molecular formula is C25H27N3O3S. The molecule has 3 aromatic rings. The lowest BCUT2D eigenvalue weighted by Gasteiger charge is -2.34. The maximum Gasteiger partial charge on any atom is 0.268 e. The van der Waals surface area contributed by atoms with Crippen molar-refractivity contribution >= 4 is 34.5 Å². The summed E-state index contributed by atoms with van der Waals surface area (Å²) in [6.45, 7) is 10.1. The highest BCUT2D eigenvalue weighted by molar-refractivity contribution is 7.11. The van der Waals surface area contributed by atoms with E-state index in [1.54, 1.807) is 28.1 Å². The number of amides is 2. The number of aryl methyl sites for hydroxylation is 3. The lowest BCUT2D eigenvalue weighted by molar-refractivity contribution is -0.127. The third-order valence-electron chi connectivity index (χ3n) is 5.57. The molecule has 1 aliphatic heterocycles. The number of carbonyl (C=O) groups is 2. The predicted molar refractivity (Wildman–Crippen MR) is 129 cm³/mol. The van der Waals surface area contributed by atoms with Crippen molar-refractivity contribution in [3.63, 3.8) is 0 Å². The van der Waals surface area contributed by atoms with Crippen LogP contribution in [-0.4, -0.2) is 36.0 Å². The SMILES string of the molecule is CCN(C(=O)CN1C(=O)C(C)Oc2ccc(-c3nc(C)sc3C)cc21)c1cccc(C)c1. The van der Waals surface area contributed by atoms with Gasteiger partial charge in [-0.05, 0) is 70.5 Å². The highest BCUT2D eigenvalue weighted by atomic mass is 32.1. The fraction of sp³-hybridized carbons (Fsp3) is 0.320. The second kappa shape index (κ2) is 8.74. The number of benzene rings is 2. The standard InChI is InChI=1S/C25H27N3O3S/c1-6-27(20-9-7-8-15(2)12-20)23(29)14-28-21-13-19(24-17(4)32-18(5)26-24)10-11-22(21)31-16(3)25(28)30/h7-13,16H,6,14H2,1-5H3. The van der Waals surface area contributed by atoms with E-state index in [9.17, 15) is 9.59 Å². The summed E-state index contributed by atoms with van der Waals surface area (Å²) in [4.78, 5) is 35.4. The van der Waals surface area contributed by atoms with Gasteiger partial charge in [-0.15, -0.1) is 11.3 Å². The first-order chi connectivity index (χ1) is 15.3. The molecule has 1 aromatic heterocycles. The number of carbonyl (C=O) groups excluding carboxylic acids is 2. The molecule has 0 saturated carbocycles. The number of nitrogens with zero attached hydrogens (tertiary/aromatic N) is 3. The van der Waals surface area contributed by atoms with Crippen LogP contribution in [0.1, 0.15) is 29.3 Å². The van der Waals surface area contributed by atoms with Gasteiger partial charge in [-0.25, -0.2) is 4.98 Å². The van der Waals surface area contributed by atoms with Crippen LogP contribution in [0.15, 0.2) is 42.5 Å². The summed E-state index contributed by atoms with van der Waals surface area (Å²) in [6.07, 6.45) is -0.654. The van der Waals surface area contributed by atoms with Gasteiger partial charge in [-0.3, -0.25) is 14.5 Å². The summed E-state index contributed by atoms with van der Waals surface area (Å²) in [5.74, 6) is 0.226. The van der Waals surface area contributed by atoms with Crippen molar-refractivity contribution in [2.45, 2.75) is 40.7 Å². The molecule has 166 valence electrons. The van der Waals surface area contributed by atoms with Crippen LogP contribution in [0.3, 0.4) is 0 Å². The smallest absolute Gasteiger partial charge is 0.268 e. The number of fused-ring (bicyclic) bond motifs is 1. The van der Waals surface area contributed by atoms with E-state index in [0.717, 1.165) is 32.4 Å². The molecule has 2 heterocycles. The minimum Gasteiger partial charge on any atom is -0.479 e. The van der Waals surface area contributed by atoms with Gasteiger partial charge in [0.05, 0.1) is 16.4 Å². The van der Waals surface area contributed by atoms with Crippen molar-refractivity contribution in [1.29, 1.82) is 0 Å². The van der Waals surface area contributed by atoms with Crippen LogP contribution in [-0.2, 0) is 9.59 Å². The van der Waals surface area contributed by atoms with E-state index in [-0.39, 0.29) is 18.4 Å².